The van der Waals surface area contributed by atoms with Crippen LogP contribution < -0.4 is 0 Å². The Morgan fingerprint density at radius 2 is 1.85 bits per heavy atom. The molecule has 6 nitrogen and oxygen atoms in total. The molecule has 4 aromatic rings. The Kier molecular flexibility index (Phi) is 4.22. The van der Waals surface area contributed by atoms with Crippen LogP contribution in [0.2, 0.25) is 0 Å². The monoisotopic (exact) mass is 352 g/mol. The van der Waals surface area contributed by atoms with E-state index in [-0.39, 0.29) is 5.82 Å². The lowest BCUT2D eigenvalue weighted by Crippen LogP contribution is -2.18. The van der Waals surface area contributed by atoms with Crippen molar-refractivity contribution in [3.63, 3.8) is 0 Å². The number of benzene rings is 2. The molecule has 0 radical (unpaired) electrons. The Hall–Kier alpha value is -3.06. The molecule has 7 heteroatoms. The van der Waals surface area contributed by atoms with Gasteiger partial charge in [0.25, 0.3) is 0 Å². The van der Waals surface area contributed by atoms with Crippen LogP contribution in [0.15, 0.2) is 51.5 Å². The number of hydrogen-bond acceptors (Lipinski definition) is 6. The van der Waals surface area contributed by atoms with Gasteiger partial charge in [0.15, 0.2) is 0 Å². The highest BCUT2D eigenvalue weighted by atomic mass is 19.1. The standard InChI is InChI=1S/C19H17FN4O2/c1-12-18(21-19(25-12)14-5-3-4-6-15(14)20)11-24(2)10-13-7-8-16-17(9-13)23-26-22-16/h3-9H,10-11H2,1-2H3. The van der Waals surface area contributed by atoms with E-state index in [0.717, 1.165) is 22.3 Å². The van der Waals surface area contributed by atoms with Crippen LogP contribution in [-0.4, -0.2) is 27.2 Å². The van der Waals surface area contributed by atoms with E-state index in [1.165, 1.54) is 6.07 Å². The molecule has 0 aliphatic heterocycles. The molecule has 2 aromatic carbocycles. The predicted molar refractivity (Wildman–Crippen MR) is 93.6 cm³/mol. The fourth-order valence-electron chi connectivity index (χ4n) is 2.87. The average Bonchev–Trinajstić information content (AvgIpc) is 3.22. The molecule has 4 rings (SSSR count). The van der Waals surface area contributed by atoms with Crippen molar-refractivity contribution in [2.45, 2.75) is 20.0 Å². The molecule has 2 aromatic heterocycles. The second-order valence-electron chi connectivity index (χ2n) is 6.26. The van der Waals surface area contributed by atoms with Crippen LogP contribution in [0, 0.1) is 12.7 Å². The number of aryl methyl sites for hydroxylation is 1. The zero-order chi connectivity index (χ0) is 18.1. The summed E-state index contributed by atoms with van der Waals surface area (Å²) in [6.07, 6.45) is 0. The number of aromatic nitrogens is 3. The predicted octanol–water partition coefficient (Wildman–Crippen LogP) is 3.96. The minimum absolute atomic E-state index is 0.305. The van der Waals surface area contributed by atoms with Gasteiger partial charge in [0.2, 0.25) is 5.89 Å². The van der Waals surface area contributed by atoms with Gasteiger partial charge in [-0.3, -0.25) is 4.90 Å². The van der Waals surface area contributed by atoms with Crippen molar-refractivity contribution in [2.75, 3.05) is 7.05 Å². The molecule has 26 heavy (non-hydrogen) atoms. The molecule has 0 bridgehead atoms. The van der Waals surface area contributed by atoms with Gasteiger partial charge in [-0.05, 0) is 54.1 Å². The maximum Gasteiger partial charge on any atom is 0.229 e. The fraction of sp³-hybridized carbons (Fsp3) is 0.211. The van der Waals surface area contributed by atoms with E-state index in [4.69, 9.17) is 9.05 Å². The van der Waals surface area contributed by atoms with Gasteiger partial charge in [0.1, 0.15) is 22.6 Å². The number of nitrogens with zero attached hydrogens (tertiary/aromatic N) is 4. The molecule has 0 atom stereocenters. The van der Waals surface area contributed by atoms with Crippen molar-refractivity contribution in [1.29, 1.82) is 0 Å². The molecule has 0 amide bonds. The lowest BCUT2D eigenvalue weighted by atomic mass is 10.2. The molecule has 0 fully saturated rings. The normalized spacial score (nSPS) is 11.5. The summed E-state index contributed by atoms with van der Waals surface area (Å²) in [4.78, 5) is 6.58. The first-order chi connectivity index (χ1) is 12.6. The van der Waals surface area contributed by atoms with Crippen LogP contribution in [0.4, 0.5) is 4.39 Å². The quantitative estimate of drug-likeness (QED) is 0.542. The Morgan fingerprint density at radius 1 is 1.04 bits per heavy atom. The molecule has 0 aliphatic carbocycles. The molecule has 2 heterocycles. The summed E-state index contributed by atoms with van der Waals surface area (Å²) in [6, 6.07) is 12.3. The van der Waals surface area contributed by atoms with E-state index in [2.05, 4.69) is 20.2 Å². The molecule has 0 unspecified atom stereocenters. The Morgan fingerprint density at radius 3 is 2.69 bits per heavy atom. The minimum atomic E-state index is -0.344. The summed E-state index contributed by atoms with van der Waals surface area (Å²) in [7, 11) is 1.99. The first-order valence-corrected chi connectivity index (χ1v) is 8.21. The van der Waals surface area contributed by atoms with Crippen LogP contribution in [0.25, 0.3) is 22.5 Å². The average molecular weight is 352 g/mol. The zero-order valence-corrected chi connectivity index (χ0v) is 14.4. The second kappa shape index (κ2) is 6.68. The van der Waals surface area contributed by atoms with Crippen LogP contribution in [0.3, 0.4) is 0 Å². The molecular weight excluding hydrogens is 335 g/mol. The Bertz CT molecular complexity index is 1060. The topological polar surface area (TPSA) is 68.2 Å². The summed E-state index contributed by atoms with van der Waals surface area (Å²) in [5, 5.41) is 7.67. The van der Waals surface area contributed by atoms with Crippen molar-refractivity contribution in [1.82, 2.24) is 20.2 Å². The summed E-state index contributed by atoms with van der Waals surface area (Å²) >= 11 is 0. The van der Waals surface area contributed by atoms with E-state index in [1.807, 2.05) is 32.2 Å². The molecule has 0 spiro atoms. The molecule has 0 saturated heterocycles. The molecule has 132 valence electrons. The minimum Gasteiger partial charge on any atom is -0.441 e. The van der Waals surface area contributed by atoms with Gasteiger partial charge in [-0.15, -0.1) is 0 Å². The van der Waals surface area contributed by atoms with Crippen molar-refractivity contribution in [2.24, 2.45) is 0 Å². The lowest BCUT2D eigenvalue weighted by molar-refractivity contribution is 0.312. The van der Waals surface area contributed by atoms with Crippen molar-refractivity contribution in [3.05, 3.63) is 65.3 Å². The van der Waals surface area contributed by atoms with Crippen LogP contribution >= 0.6 is 0 Å². The second-order valence-corrected chi connectivity index (χ2v) is 6.26. The van der Waals surface area contributed by atoms with Gasteiger partial charge in [0.05, 0.1) is 11.3 Å². The van der Waals surface area contributed by atoms with E-state index in [1.54, 1.807) is 18.2 Å². The molecule has 0 N–H and O–H groups in total. The van der Waals surface area contributed by atoms with Gasteiger partial charge in [-0.25, -0.2) is 14.0 Å². The van der Waals surface area contributed by atoms with E-state index < -0.39 is 0 Å². The number of rotatable bonds is 5. The van der Waals surface area contributed by atoms with E-state index >= 15 is 0 Å². The van der Waals surface area contributed by atoms with Crippen LogP contribution in [0.1, 0.15) is 17.0 Å². The largest absolute Gasteiger partial charge is 0.441 e. The number of oxazole rings is 1. The third-order valence-corrected chi connectivity index (χ3v) is 4.19. The fourth-order valence-corrected chi connectivity index (χ4v) is 2.87. The van der Waals surface area contributed by atoms with Crippen LogP contribution in [-0.2, 0) is 13.1 Å². The highest BCUT2D eigenvalue weighted by Crippen LogP contribution is 2.25. The lowest BCUT2D eigenvalue weighted by Gasteiger charge is -2.15. The number of halogens is 1. The number of hydrogen-bond donors (Lipinski definition) is 0. The number of fused-ring (bicyclic) bond motifs is 1. The summed E-state index contributed by atoms with van der Waals surface area (Å²) in [6.45, 7) is 3.12. The summed E-state index contributed by atoms with van der Waals surface area (Å²) in [5.74, 6) is 0.647. The van der Waals surface area contributed by atoms with E-state index in [0.29, 0.717) is 30.3 Å². The highest BCUT2D eigenvalue weighted by molar-refractivity contribution is 5.73. The van der Waals surface area contributed by atoms with Gasteiger partial charge in [0, 0.05) is 13.1 Å². The third-order valence-electron chi connectivity index (χ3n) is 4.19. The van der Waals surface area contributed by atoms with Crippen molar-refractivity contribution >= 4 is 11.0 Å². The molecule has 0 aliphatic rings. The third kappa shape index (κ3) is 3.21. The van der Waals surface area contributed by atoms with Crippen LogP contribution in [0.5, 0.6) is 0 Å². The summed E-state index contributed by atoms with van der Waals surface area (Å²) in [5.41, 5.74) is 3.71. The van der Waals surface area contributed by atoms with E-state index in [9.17, 15) is 4.39 Å². The molecule has 0 saturated carbocycles. The summed E-state index contributed by atoms with van der Waals surface area (Å²) < 4.78 is 24.3. The zero-order valence-electron chi connectivity index (χ0n) is 14.4. The van der Waals surface area contributed by atoms with Crippen molar-refractivity contribution in [3.8, 4) is 11.5 Å². The van der Waals surface area contributed by atoms with Gasteiger partial charge in [-0.2, -0.15) is 0 Å². The van der Waals surface area contributed by atoms with Gasteiger partial charge < -0.3 is 4.42 Å². The van der Waals surface area contributed by atoms with Crippen molar-refractivity contribution < 1.29 is 13.4 Å². The first kappa shape index (κ1) is 16.4. The van der Waals surface area contributed by atoms with Gasteiger partial charge >= 0.3 is 0 Å². The Labute approximate surface area is 149 Å². The highest BCUT2D eigenvalue weighted by Gasteiger charge is 2.16. The Balaban J connectivity index is 1.50. The smallest absolute Gasteiger partial charge is 0.229 e. The molecular formula is C19H17FN4O2. The maximum absolute atomic E-state index is 13.9. The SMILES string of the molecule is Cc1oc(-c2ccccc2F)nc1CN(C)Cc1ccc2nonc2c1. The van der Waals surface area contributed by atoms with Gasteiger partial charge in [-0.1, -0.05) is 18.2 Å². The maximum atomic E-state index is 13.9. The first-order valence-electron chi connectivity index (χ1n) is 8.21.